The fourth-order valence-corrected chi connectivity index (χ4v) is 2.31. The van der Waals surface area contributed by atoms with Crippen LogP contribution in [-0.4, -0.2) is 22.0 Å². The van der Waals surface area contributed by atoms with E-state index in [0.717, 1.165) is 6.07 Å². The highest BCUT2D eigenvalue weighted by atomic mass is 35.5. The second-order valence-corrected chi connectivity index (χ2v) is 5.49. The van der Waals surface area contributed by atoms with Crippen molar-refractivity contribution in [2.75, 3.05) is 0 Å². The molecule has 25 heavy (non-hydrogen) atoms. The van der Waals surface area contributed by atoms with Crippen molar-refractivity contribution in [2.45, 2.75) is 0 Å². The number of carbonyl (C=O) groups is 2. The summed E-state index contributed by atoms with van der Waals surface area (Å²) in [5, 5.41) is 7.14. The normalized spacial score (nSPS) is 10.3. The number of amides is 2. The SMILES string of the molecule is O=C(NNC(=O)c1cn[nH]c1-c1ccc(Cl)cc1)c1ccccc1F. The zero-order valence-electron chi connectivity index (χ0n) is 12.7. The highest BCUT2D eigenvalue weighted by molar-refractivity contribution is 6.30. The Kier molecular flexibility index (Phi) is 4.76. The highest BCUT2D eigenvalue weighted by Gasteiger charge is 2.17. The molecule has 0 aliphatic heterocycles. The van der Waals surface area contributed by atoms with Gasteiger partial charge < -0.3 is 0 Å². The molecule has 1 heterocycles. The van der Waals surface area contributed by atoms with Crippen LogP contribution < -0.4 is 10.9 Å². The van der Waals surface area contributed by atoms with Crippen molar-refractivity contribution in [1.82, 2.24) is 21.0 Å². The molecule has 126 valence electrons. The van der Waals surface area contributed by atoms with Crippen molar-refractivity contribution in [3.63, 3.8) is 0 Å². The summed E-state index contributed by atoms with van der Waals surface area (Å²) in [7, 11) is 0. The number of aromatic nitrogens is 2. The third-order valence-electron chi connectivity index (χ3n) is 3.42. The van der Waals surface area contributed by atoms with E-state index in [9.17, 15) is 14.0 Å². The van der Waals surface area contributed by atoms with Crippen LogP contribution in [0.2, 0.25) is 5.02 Å². The second-order valence-electron chi connectivity index (χ2n) is 5.05. The highest BCUT2D eigenvalue weighted by Crippen LogP contribution is 2.22. The van der Waals surface area contributed by atoms with Crippen molar-refractivity contribution >= 4 is 23.4 Å². The summed E-state index contributed by atoms with van der Waals surface area (Å²) < 4.78 is 13.6. The van der Waals surface area contributed by atoms with E-state index < -0.39 is 17.6 Å². The first-order valence-electron chi connectivity index (χ1n) is 7.21. The molecular weight excluding hydrogens is 347 g/mol. The Morgan fingerprint density at radius 3 is 2.28 bits per heavy atom. The van der Waals surface area contributed by atoms with Gasteiger partial charge in [0.15, 0.2) is 0 Å². The van der Waals surface area contributed by atoms with Crippen LogP contribution in [0.25, 0.3) is 11.3 Å². The third-order valence-corrected chi connectivity index (χ3v) is 3.68. The van der Waals surface area contributed by atoms with Crippen LogP contribution in [0.1, 0.15) is 20.7 Å². The quantitative estimate of drug-likeness (QED) is 0.629. The molecule has 8 heteroatoms. The average Bonchev–Trinajstić information content (AvgIpc) is 3.10. The molecule has 0 unspecified atom stereocenters. The number of nitrogens with zero attached hydrogens (tertiary/aromatic N) is 1. The molecule has 0 bridgehead atoms. The number of hydrogen-bond acceptors (Lipinski definition) is 3. The Morgan fingerprint density at radius 1 is 0.960 bits per heavy atom. The number of benzene rings is 2. The molecule has 3 aromatic rings. The third kappa shape index (κ3) is 3.67. The largest absolute Gasteiger partial charge is 0.277 e. The summed E-state index contributed by atoms with van der Waals surface area (Å²) in [4.78, 5) is 24.2. The first kappa shape index (κ1) is 16.7. The Hall–Kier alpha value is -3.19. The van der Waals surface area contributed by atoms with Gasteiger partial charge in [-0.1, -0.05) is 35.9 Å². The number of aromatic amines is 1. The van der Waals surface area contributed by atoms with Crippen LogP contribution in [0, 0.1) is 5.82 Å². The molecule has 2 aromatic carbocycles. The van der Waals surface area contributed by atoms with Gasteiger partial charge >= 0.3 is 0 Å². The summed E-state index contributed by atoms with van der Waals surface area (Å²) in [6, 6.07) is 12.3. The Labute approximate surface area is 147 Å². The summed E-state index contributed by atoms with van der Waals surface area (Å²) in [5.41, 5.74) is 5.63. The fourth-order valence-electron chi connectivity index (χ4n) is 2.19. The van der Waals surface area contributed by atoms with E-state index in [2.05, 4.69) is 21.0 Å². The van der Waals surface area contributed by atoms with Gasteiger partial charge in [-0.05, 0) is 24.3 Å². The topological polar surface area (TPSA) is 86.9 Å². The van der Waals surface area contributed by atoms with Crippen LogP contribution in [0.3, 0.4) is 0 Å². The predicted octanol–water partition coefficient (Wildman–Crippen LogP) is 2.94. The number of nitrogens with one attached hydrogen (secondary N) is 3. The molecule has 0 saturated heterocycles. The average molecular weight is 359 g/mol. The predicted molar refractivity (Wildman–Crippen MR) is 90.4 cm³/mol. The van der Waals surface area contributed by atoms with Crippen LogP contribution in [0.4, 0.5) is 4.39 Å². The van der Waals surface area contributed by atoms with Gasteiger partial charge in [-0.15, -0.1) is 0 Å². The molecule has 1 aromatic heterocycles. The Morgan fingerprint density at radius 2 is 1.60 bits per heavy atom. The molecule has 6 nitrogen and oxygen atoms in total. The van der Waals surface area contributed by atoms with Crippen LogP contribution >= 0.6 is 11.6 Å². The summed E-state index contributed by atoms with van der Waals surface area (Å²) in [6.07, 6.45) is 1.33. The minimum atomic E-state index is -0.761. The molecule has 0 saturated carbocycles. The molecule has 0 atom stereocenters. The van der Waals surface area contributed by atoms with Crippen molar-refractivity contribution in [1.29, 1.82) is 0 Å². The number of H-pyrrole nitrogens is 1. The molecule has 0 fully saturated rings. The van der Waals surface area contributed by atoms with Crippen molar-refractivity contribution in [3.8, 4) is 11.3 Å². The number of carbonyl (C=O) groups excluding carboxylic acids is 2. The molecule has 3 rings (SSSR count). The standard InChI is InChI=1S/C17H12ClFN4O2/c18-11-7-5-10(6-8-11)15-13(9-20-21-15)17(25)23-22-16(24)12-3-1-2-4-14(12)19/h1-9H,(H,20,21)(H,22,24)(H,23,25). The lowest BCUT2D eigenvalue weighted by atomic mass is 10.1. The van der Waals surface area contributed by atoms with Gasteiger partial charge in [-0.3, -0.25) is 25.5 Å². The van der Waals surface area contributed by atoms with Gasteiger partial charge in [0.2, 0.25) is 0 Å². The van der Waals surface area contributed by atoms with Gasteiger partial charge in [0.25, 0.3) is 11.8 Å². The van der Waals surface area contributed by atoms with E-state index >= 15 is 0 Å². The summed E-state index contributed by atoms with van der Waals surface area (Å²) >= 11 is 5.85. The molecule has 3 N–H and O–H groups in total. The van der Waals surface area contributed by atoms with E-state index in [0.29, 0.717) is 16.3 Å². The van der Waals surface area contributed by atoms with E-state index in [-0.39, 0.29) is 11.1 Å². The van der Waals surface area contributed by atoms with Crippen molar-refractivity contribution in [3.05, 3.63) is 76.7 Å². The Bertz CT molecular complexity index is 924. The van der Waals surface area contributed by atoms with E-state index in [4.69, 9.17) is 11.6 Å². The lowest BCUT2D eigenvalue weighted by Crippen LogP contribution is -2.42. The molecule has 0 aliphatic carbocycles. The van der Waals surface area contributed by atoms with Gasteiger partial charge in [0.05, 0.1) is 23.0 Å². The van der Waals surface area contributed by atoms with Gasteiger partial charge in [-0.25, -0.2) is 4.39 Å². The summed E-state index contributed by atoms with van der Waals surface area (Å²) in [6.45, 7) is 0. The minimum absolute atomic E-state index is 0.173. The van der Waals surface area contributed by atoms with Gasteiger partial charge in [0.1, 0.15) is 5.82 Å². The monoisotopic (exact) mass is 358 g/mol. The molecule has 0 radical (unpaired) electrons. The van der Waals surface area contributed by atoms with Gasteiger partial charge in [-0.2, -0.15) is 5.10 Å². The number of halogens is 2. The fraction of sp³-hybridized carbons (Fsp3) is 0. The lowest BCUT2D eigenvalue weighted by Gasteiger charge is -2.08. The molecule has 0 spiro atoms. The second kappa shape index (κ2) is 7.14. The van der Waals surface area contributed by atoms with Gasteiger partial charge in [0, 0.05) is 10.6 Å². The maximum atomic E-state index is 13.6. The first-order chi connectivity index (χ1) is 12.1. The van der Waals surface area contributed by atoms with Crippen LogP contribution in [0.5, 0.6) is 0 Å². The maximum absolute atomic E-state index is 13.6. The van der Waals surface area contributed by atoms with Crippen molar-refractivity contribution in [2.24, 2.45) is 0 Å². The van der Waals surface area contributed by atoms with E-state index in [1.807, 2.05) is 0 Å². The van der Waals surface area contributed by atoms with E-state index in [1.54, 1.807) is 24.3 Å². The zero-order chi connectivity index (χ0) is 17.8. The van der Waals surface area contributed by atoms with Crippen LogP contribution in [0.15, 0.2) is 54.7 Å². The zero-order valence-corrected chi connectivity index (χ0v) is 13.5. The molecular formula is C17H12ClFN4O2. The summed E-state index contributed by atoms with van der Waals surface area (Å²) in [5.74, 6) is -2.04. The maximum Gasteiger partial charge on any atom is 0.273 e. The Balaban J connectivity index is 1.73. The number of hydrogen-bond donors (Lipinski definition) is 3. The van der Waals surface area contributed by atoms with Crippen LogP contribution in [-0.2, 0) is 0 Å². The minimum Gasteiger partial charge on any atom is -0.277 e. The lowest BCUT2D eigenvalue weighted by molar-refractivity contribution is 0.0844. The van der Waals surface area contributed by atoms with Crippen molar-refractivity contribution < 1.29 is 14.0 Å². The first-order valence-corrected chi connectivity index (χ1v) is 7.58. The number of hydrazine groups is 1. The molecule has 0 aliphatic rings. The van der Waals surface area contributed by atoms with E-state index in [1.165, 1.54) is 24.4 Å². The smallest absolute Gasteiger partial charge is 0.273 e. The molecule has 2 amide bonds. The number of rotatable bonds is 3.